The minimum Gasteiger partial charge on any atom is -0.355 e. The number of hydrogen-bond donors (Lipinski definition) is 2. The van der Waals surface area contributed by atoms with Crippen LogP contribution in [0.1, 0.15) is 37.3 Å². The van der Waals surface area contributed by atoms with E-state index in [2.05, 4.69) is 27.4 Å². The fraction of sp³-hybridized carbons (Fsp3) is 0.619. The maximum Gasteiger partial charge on any atom is 0.238 e. The zero-order valence-corrected chi connectivity index (χ0v) is 17.0. The van der Waals surface area contributed by atoms with Crippen LogP contribution in [0, 0.1) is 13.8 Å². The van der Waals surface area contributed by atoms with E-state index in [1.807, 2.05) is 32.0 Å². The van der Waals surface area contributed by atoms with Gasteiger partial charge in [-0.1, -0.05) is 38.0 Å². The van der Waals surface area contributed by atoms with Gasteiger partial charge in [-0.25, -0.2) is 0 Å². The predicted octanol–water partition coefficient (Wildman–Crippen LogP) is 2.17. The summed E-state index contributed by atoms with van der Waals surface area (Å²) in [4.78, 5) is 28.7. The van der Waals surface area contributed by atoms with E-state index in [0.717, 1.165) is 68.8 Å². The summed E-state index contributed by atoms with van der Waals surface area (Å²) in [5.41, 5.74) is 3.08. The molecule has 2 rings (SSSR count). The van der Waals surface area contributed by atoms with Crippen LogP contribution in [0.5, 0.6) is 0 Å². The molecule has 0 atom stereocenters. The van der Waals surface area contributed by atoms with E-state index >= 15 is 0 Å². The highest BCUT2D eigenvalue weighted by molar-refractivity contribution is 5.93. The minimum absolute atomic E-state index is 0.0227. The molecule has 1 fully saturated rings. The highest BCUT2D eigenvalue weighted by Crippen LogP contribution is 2.19. The number of anilines is 1. The van der Waals surface area contributed by atoms with Gasteiger partial charge in [-0.05, 0) is 31.4 Å². The molecule has 2 N–H and O–H groups in total. The number of carbonyl (C=O) groups is 2. The molecule has 6 heteroatoms. The van der Waals surface area contributed by atoms with Crippen molar-refractivity contribution in [1.29, 1.82) is 0 Å². The van der Waals surface area contributed by atoms with Gasteiger partial charge >= 0.3 is 0 Å². The van der Waals surface area contributed by atoms with Gasteiger partial charge in [0.2, 0.25) is 11.8 Å². The second-order valence-electron chi connectivity index (χ2n) is 7.42. The summed E-state index contributed by atoms with van der Waals surface area (Å²) in [6, 6.07) is 6.02. The first-order chi connectivity index (χ1) is 13.0. The zero-order valence-electron chi connectivity index (χ0n) is 17.0. The van der Waals surface area contributed by atoms with Gasteiger partial charge in [0.15, 0.2) is 0 Å². The third-order valence-corrected chi connectivity index (χ3v) is 5.05. The molecule has 0 aliphatic carbocycles. The van der Waals surface area contributed by atoms with E-state index in [1.54, 1.807) is 0 Å². The molecule has 0 radical (unpaired) electrons. The molecule has 1 aromatic carbocycles. The third-order valence-electron chi connectivity index (χ3n) is 5.05. The van der Waals surface area contributed by atoms with E-state index in [9.17, 15) is 9.59 Å². The van der Waals surface area contributed by atoms with Crippen molar-refractivity contribution in [2.24, 2.45) is 0 Å². The molecular weight excluding hydrogens is 340 g/mol. The van der Waals surface area contributed by atoms with Crippen molar-refractivity contribution in [3.63, 3.8) is 0 Å². The van der Waals surface area contributed by atoms with E-state index in [0.29, 0.717) is 13.1 Å². The van der Waals surface area contributed by atoms with Gasteiger partial charge in [-0.2, -0.15) is 0 Å². The van der Waals surface area contributed by atoms with Crippen LogP contribution in [-0.2, 0) is 9.59 Å². The fourth-order valence-corrected chi connectivity index (χ4v) is 3.36. The van der Waals surface area contributed by atoms with E-state index in [-0.39, 0.29) is 11.8 Å². The average Bonchev–Trinajstić information content (AvgIpc) is 2.64. The second kappa shape index (κ2) is 11.0. The van der Waals surface area contributed by atoms with Crippen LogP contribution in [0.15, 0.2) is 18.2 Å². The van der Waals surface area contributed by atoms with Crippen LogP contribution in [0.2, 0.25) is 0 Å². The van der Waals surface area contributed by atoms with Gasteiger partial charge in [0.05, 0.1) is 13.1 Å². The summed E-state index contributed by atoms with van der Waals surface area (Å²) in [6.45, 7) is 11.0. The lowest BCUT2D eigenvalue weighted by Crippen LogP contribution is -2.51. The Bertz CT molecular complexity index is 604. The molecule has 6 nitrogen and oxygen atoms in total. The van der Waals surface area contributed by atoms with Gasteiger partial charge in [0.1, 0.15) is 0 Å². The van der Waals surface area contributed by atoms with Crippen molar-refractivity contribution in [1.82, 2.24) is 15.1 Å². The molecular formula is C21H34N4O2. The lowest BCUT2D eigenvalue weighted by molar-refractivity contribution is -0.123. The molecule has 0 unspecified atom stereocenters. The molecule has 0 aromatic heterocycles. The van der Waals surface area contributed by atoms with Crippen molar-refractivity contribution in [2.75, 3.05) is 51.1 Å². The number of rotatable bonds is 9. The molecule has 1 aromatic rings. The van der Waals surface area contributed by atoms with E-state index < -0.39 is 0 Å². The van der Waals surface area contributed by atoms with E-state index in [1.165, 1.54) is 0 Å². The molecule has 1 aliphatic rings. The largest absolute Gasteiger partial charge is 0.355 e. The fourth-order valence-electron chi connectivity index (χ4n) is 3.36. The Balaban J connectivity index is 1.68. The lowest BCUT2D eigenvalue weighted by atomic mass is 10.1. The third kappa shape index (κ3) is 7.31. The molecule has 1 saturated heterocycles. The molecule has 1 heterocycles. The summed E-state index contributed by atoms with van der Waals surface area (Å²) in [5.74, 6) is 0.127. The van der Waals surface area contributed by atoms with Crippen LogP contribution < -0.4 is 10.6 Å². The summed E-state index contributed by atoms with van der Waals surface area (Å²) in [5, 5.41) is 6.03. The van der Waals surface area contributed by atoms with Crippen LogP contribution in [0.4, 0.5) is 5.69 Å². The molecule has 0 saturated carbocycles. The van der Waals surface area contributed by atoms with Crippen molar-refractivity contribution >= 4 is 17.5 Å². The predicted molar refractivity (Wildman–Crippen MR) is 110 cm³/mol. The van der Waals surface area contributed by atoms with Gasteiger partial charge in [-0.3, -0.25) is 19.4 Å². The lowest BCUT2D eigenvalue weighted by Gasteiger charge is -2.33. The zero-order chi connectivity index (χ0) is 19.6. The van der Waals surface area contributed by atoms with Crippen molar-refractivity contribution in [2.45, 2.75) is 40.0 Å². The maximum absolute atomic E-state index is 12.4. The number of carbonyl (C=O) groups excluding carboxylic acids is 2. The average molecular weight is 375 g/mol. The standard InChI is InChI=1S/C21H34N4O2/c1-4-5-6-10-22-19(26)15-24-11-13-25(14-12-24)16-20(27)23-21-17(2)8-7-9-18(21)3/h7-9H,4-6,10-16H2,1-3H3,(H,22,26)(H,23,27). The number of hydrogen-bond acceptors (Lipinski definition) is 4. The molecule has 150 valence electrons. The van der Waals surface area contributed by atoms with Crippen LogP contribution >= 0.6 is 0 Å². The van der Waals surface area contributed by atoms with Gasteiger partial charge in [0, 0.05) is 38.4 Å². The topological polar surface area (TPSA) is 64.7 Å². The maximum atomic E-state index is 12.4. The first kappa shape index (κ1) is 21.4. The molecule has 27 heavy (non-hydrogen) atoms. The first-order valence-corrected chi connectivity index (χ1v) is 10.1. The Kier molecular flexibility index (Phi) is 8.75. The summed E-state index contributed by atoms with van der Waals surface area (Å²) >= 11 is 0. The summed E-state index contributed by atoms with van der Waals surface area (Å²) in [7, 11) is 0. The Labute approximate surface area is 163 Å². The SMILES string of the molecule is CCCCCNC(=O)CN1CCN(CC(=O)Nc2c(C)cccc2C)CC1. The van der Waals surface area contributed by atoms with Crippen LogP contribution in [0.3, 0.4) is 0 Å². The monoisotopic (exact) mass is 374 g/mol. The number of amides is 2. The number of aryl methyl sites for hydroxylation is 2. The Morgan fingerprint density at radius 2 is 1.48 bits per heavy atom. The molecule has 2 amide bonds. The Hall–Kier alpha value is -1.92. The van der Waals surface area contributed by atoms with Crippen molar-refractivity contribution in [3.05, 3.63) is 29.3 Å². The second-order valence-corrected chi connectivity index (χ2v) is 7.42. The Morgan fingerprint density at radius 1 is 0.926 bits per heavy atom. The highest BCUT2D eigenvalue weighted by atomic mass is 16.2. The van der Waals surface area contributed by atoms with Gasteiger partial charge in [0.25, 0.3) is 0 Å². The number of unbranched alkanes of at least 4 members (excludes halogenated alkanes) is 2. The van der Waals surface area contributed by atoms with Crippen LogP contribution in [0.25, 0.3) is 0 Å². The van der Waals surface area contributed by atoms with Crippen molar-refractivity contribution in [3.8, 4) is 0 Å². The van der Waals surface area contributed by atoms with Gasteiger partial charge < -0.3 is 10.6 Å². The highest BCUT2D eigenvalue weighted by Gasteiger charge is 2.20. The number of para-hydroxylation sites is 1. The number of nitrogens with one attached hydrogen (secondary N) is 2. The van der Waals surface area contributed by atoms with Crippen LogP contribution in [-0.4, -0.2) is 67.4 Å². The minimum atomic E-state index is 0.0227. The summed E-state index contributed by atoms with van der Waals surface area (Å²) < 4.78 is 0. The van der Waals surface area contributed by atoms with Gasteiger partial charge in [-0.15, -0.1) is 0 Å². The number of benzene rings is 1. The quantitative estimate of drug-likeness (QED) is 0.650. The molecule has 0 bridgehead atoms. The van der Waals surface area contributed by atoms with Crippen molar-refractivity contribution < 1.29 is 9.59 Å². The normalized spacial score (nSPS) is 15.5. The smallest absolute Gasteiger partial charge is 0.238 e. The number of nitrogens with zero attached hydrogens (tertiary/aromatic N) is 2. The number of piperazine rings is 1. The first-order valence-electron chi connectivity index (χ1n) is 10.1. The Morgan fingerprint density at radius 3 is 2.04 bits per heavy atom. The molecule has 1 aliphatic heterocycles. The molecule has 0 spiro atoms. The van der Waals surface area contributed by atoms with E-state index in [4.69, 9.17) is 0 Å². The summed E-state index contributed by atoms with van der Waals surface area (Å²) in [6.07, 6.45) is 3.36.